The molecule has 2 rings (SSSR count). The molecule has 0 bridgehead atoms. The summed E-state index contributed by atoms with van der Waals surface area (Å²) in [5.74, 6) is -2.34. The summed E-state index contributed by atoms with van der Waals surface area (Å²) in [5, 5.41) is 1.89. The van der Waals surface area contributed by atoms with Gasteiger partial charge < -0.3 is 10.1 Å². The molecule has 0 saturated carbocycles. The van der Waals surface area contributed by atoms with E-state index in [4.69, 9.17) is 27.9 Å². The average molecular weight is 491 g/mol. The van der Waals surface area contributed by atoms with Crippen molar-refractivity contribution in [2.24, 2.45) is 0 Å². The number of sulfonamides is 1. The standard InChI is InChI=1S/C15H12Cl2F4N4O4S/c1-7(25-30(27,28)15(19,20)21)6-29-9-3-10(12(17)22-5-9)14(26)24-13-11(18)2-8(16)4-23-13/h2-5,7,25H,6H2,1H3,(H,23,24,26)/t7-/m0/s1. The summed E-state index contributed by atoms with van der Waals surface area (Å²) >= 11 is 11.4. The number of nitrogens with one attached hydrogen (secondary N) is 2. The van der Waals surface area contributed by atoms with Gasteiger partial charge >= 0.3 is 15.5 Å². The number of alkyl halides is 3. The Balaban J connectivity index is 2.08. The molecule has 0 fully saturated rings. The summed E-state index contributed by atoms with van der Waals surface area (Å²) in [7, 11) is -5.55. The van der Waals surface area contributed by atoms with Crippen molar-refractivity contribution in [3.63, 3.8) is 0 Å². The Kier molecular flexibility index (Phi) is 7.45. The number of hydrogen-bond acceptors (Lipinski definition) is 6. The van der Waals surface area contributed by atoms with Crippen molar-refractivity contribution in [3.05, 3.63) is 46.1 Å². The smallest absolute Gasteiger partial charge is 0.490 e. The molecule has 2 aromatic heterocycles. The van der Waals surface area contributed by atoms with Gasteiger partial charge in [-0.3, -0.25) is 4.79 Å². The molecule has 0 aliphatic rings. The zero-order valence-corrected chi connectivity index (χ0v) is 17.1. The lowest BCUT2D eigenvalue weighted by molar-refractivity contribution is -0.0451. The van der Waals surface area contributed by atoms with Crippen LogP contribution in [-0.4, -0.2) is 42.4 Å². The predicted molar refractivity (Wildman–Crippen MR) is 99.5 cm³/mol. The molecule has 15 heteroatoms. The van der Waals surface area contributed by atoms with E-state index in [0.717, 1.165) is 31.5 Å². The van der Waals surface area contributed by atoms with Crippen LogP contribution in [0.5, 0.6) is 5.75 Å². The average Bonchev–Trinajstić information content (AvgIpc) is 2.62. The number of ether oxygens (including phenoxy) is 1. The van der Waals surface area contributed by atoms with Crippen LogP contribution in [0.2, 0.25) is 10.2 Å². The number of hydrogen-bond donors (Lipinski definition) is 2. The summed E-state index contributed by atoms with van der Waals surface area (Å²) in [5.41, 5.74) is -5.73. The summed E-state index contributed by atoms with van der Waals surface area (Å²) in [6, 6.07) is 0.744. The van der Waals surface area contributed by atoms with Crippen molar-refractivity contribution in [1.82, 2.24) is 14.7 Å². The van der Waals surface area contributed by atoms with Gasteiger partial charge in [0.15, 0.2) is 11.6 Å². The van der Waals surface area contributed by atoms with Crippen LogP contribution in [-0.2, 0) is 10.0 Å². The van der Waals surface area contributed by atoms with E-state index in [-0.39, 0.29) is 21.5 Å². The van der Waals surface area contributed by atoms with Gasteiger partial charge in [0.2, 0.25) is 0 Å². The first-order valence-electron chi connectivity index (χ1n) is 7.79. The molecular formula is C15H12Cl2F4N4O4S. The van der Waals surface area contributed by atoms with Crippen molar-refractivity contribution in [2.45, 2.75) is 18.5 Å². The fraction of sp³-hybridized carbons (Fsp3) is 0.267. The Morgan fingerprint density at radius 2 is 1.90 bits per heavy atom. The minimum Gasteiger partial charge on any atom is -0.490 e. The predicted octanol–water partition coefficient (Wildman–Crippen LogP) is 3.38. The molecule has 1 amide bonds. The van der Waals surface area contributed by atoms with Gasteiger partial charge in [0.1, 0.15) is 17.5 Å². The lowest BCUT2D eigenvalue weighted by Crippen LogP contribution is -2.43. The third kappa shape index (κ3) is 6.14. The minimum atomic E-state index is -5.55. The van der Waals surface area contributed by atoms with Crippen molar-refractivity contribution in [3.8, 4) is 5.75 Å². The molecule has 2 N–H and O–H groups in total. The molecule has 2 heterocycles. The van der Waals surface area contributed by atoms with Gasteiger partial charge in [-0.2, -0.15) is 13.2 Å². The first-order chi connectivity index (χ1) is 13.8. The van der Waals surface area contributed by atoms with E-state index in [1.807, 2.05) is 0 Å². The summed E-state index contributed by atoms with van der Waals surface area (Å²) in [6.07, 6.45) is 2.16. The van der Waals surface area contributed by atoms with E-state index in [1.165, 1.54) is 4.72 Å². The lowest BCUT2D eigenvalue weighted by atomic mass is 10.2. The second kappa shape index (κ2) is 9.29. The molecule has 2 aromatic rings. The number of carbonyl (C=O) groups is 1. The molecule has 0 aliphatic carbocycles. The number of rotatable bonds is 7. The highest BCUT2D eigenvalue weighted by molar-refractivity contribution is 7.90. The quantitative estimate of drug-likeness (QED) is 0.454. The second-order valence-electron chi connectivity index (χ2n) is 5.73. The lowest BCUT2D eigenvalue weighted by Gasteiger charge is -2.16. The van der Waals surface area contributed by atoms with Crippen LogP contribution in [0, 0.1) is 5.82 Å². The van der Waals surface area contributed by atoms with Gasteiger partial charge in [-0.15, -0.1) is 0 Å². The summed E-state index contributed by atoms with van der Waals surface area (Å²) < 4.78 is 79.6. The highest BCUT2D eigenvalue weighted by Crippen LogP contribution is 2.23. The summed E-state index contributed by atoms with van der Waals surface area (Å²) in [4.78, 5) is 19.6. The largest absolute Gasteiger partial charge is 0.511 e. The Labute approximate surface area is 177 Å². The van der Waals surface area contributed by atoms with Crippen LogP contribution in [0.15, 0.2) is 24.5 Å². The molecule has 0 aliphatic heterocycles. The first kappa shape index (κ1) is 24.1. The van der Waals surface area contributed by atoms with Gasteiger partial charge in [0.05, 0.1) is 22.8 Å². The number of aromatic nitrogens is 2. The van der Waals surface area contributed by atoms with Crippen molar-refractivity contribution in [1.29, 1.82) is 0 Å². The van der Waals surface area contributed by atoms with E-state index in [2.05, 4.69) is 15.3 Å². The summed E-state index contributed by atoms with van der Waals surface area (Å²) in [6.45, 7) is 0.613. The Morgan fingerprint density at radius 3 is 2.50 bits per heavy atom. The van der Waals surface area contributed by atoms with Gasteiger partial charge in [0.25, 0.3) is 5.91 Å². The van der Waals surface area contributed by atoms with E-state index in [9.17, 15) is 30.8 Å². The minimum absolute atomic E-state index is 0.0101. The fourth-order valence-corrected chi connectivity index (χ4v) is 3.00. The topological polar surface area (TPSA) is 110 Å². The fourth-order valence-electron chi connectivity index (χ4n) is 1.94. The number of pyridine rings is 2. The number of amides is 1. The number of halogens is 6. The Morgan fingerprint density at radius 1 is 1.23 bits per heavy atom. The van der Waals surface area contributed by atoms with E-state index < -0.39 is 45.7 Å². The molecule has 1 atom stereocenters. The van der Waals surface area contributed by atoms with Gasteiger partial charge in [-0.1, -0.05) is 23.2 Å². The van der Waals surface area contributed by atoms with Crippen LogP contribution < -0.4 is 14.8 Å². The van der Waals surface area contributed by atoms with E-state index in [0.29, 0.717) is 0 Å². The SMILES string of the molecule is C[C@@H](COc1cnc(Cl)c(C(=O)Nc2ncc(Cl)cc2F)c1)NS(=O)(=O)C(F)(F)F. The van der Waals surface area contributed by atoms with Gasteiger partial charge in [0, 0.05) is 6.20 Å². The molecule has 0 unspecified atom stereocenters. The van der Waals surface area contributed by atoms with Crippen LogP contribution >= 0.6 is 23.2 Å². The molecule has 0 aromatic carbocycles. The molecule has 0 spiro atoms. The zero-order chi connectivity index (χ0) is 22.7. The van der Waals surface area contributed by atoms with Crippen molar-refractivity contribution in [2.75, 3.05) is 11.9 Å². The monoisotopic (exact) mass is 490 g/mol. The molecule has 0 radical (unpaired) electrons. The van der Waals surface area contributed by atoms with Gasteiger partial charge in [-0.25, -0.2) is 27.5 Å². The molecule has 30 heavy (non-hydrogen) atoms. The molecule has 0 saturated heterocycles. The number of nitrogens with zero attached hydrogens (tertiary/aromatic N) is 2. The molecule has 164 valence electrons. The third-order valence-electron chi connectivity index (χ3n) is 3.26. The Hall–Kier alpha value is -2.22. The highest BCUT2D eigenvalue weighted by Gasteiger charge is 2.46. The maximum atomic E-state index is 13.8. The second-order valence-corrected chi connectivity index (χ2v) is 8.23. The normalized spacial score (nSPS) is 13.0. The number of carbonyl (C=O) groups excluding carboxylic acids is 1. The van der Waals surface area contributed by atoms with Gasteiger partial charge in [-0.05, 0) is 19.1 Å². The van der Waals surface area contributed by atoms with Crippen LogP contribution in [0.3, 0.4) is 0 Å². The van der Waals surface area contributed by atoms with Crippen molar-refractivity contribution >= 4 is 45.0 Å². The van der Waals surface area contributed by atoms with E-state index >= 15 is 0 Å². The maximum Gasteiger partial charge on any atom is 0.511 e. The molecular weight excluding hydrogens is 479 g/mol. The number of anilines is 1. The van der Waals surface area contributed by atoms with Crippen LogP contribution in [0.25, 0.3) is 0 Å². The molecule has 8 nitrogen and oxygen atoms in total. The van der Waals surface area contributed by atoms with Crippen molar-refractivity contribution < 1.29 is 35.5 Å². The third-order valence-corrected chi connectivity index (χ3v) is 5.09. The van der Waals surface area contributed by atoms with Crippen LogP contribution in [0.4, 0.5) is 23.4 Å². The first-order valence-corrected chi connectivity index (χ1v) is 10.0. The van der Waals surface area contributed by atoms with Crippen LogP contribution in [0.1, 0.15) is 17.3 Å². The Bertz CT molecular complexity index is 1050. The maximum absolute atomic E-state index is 13.8. The van der Waals surface area contributed by atoms with E-state index in [1.54, 1.807) is 0 Å². The zero-order valence-electron chi connectivity index (χ0n) is 14.8. The highest BCUT2D eigenvalue weighted by atomic mass is 35.5.